The van der Waals surface area contributed by atoms with Gasteiger partial charge in [-0.3, -0.25) is 0 Å². The summed E-state index contributed by atoms with van der Waals surface area (Å²) in [5.74, 6) is 0.426. The number of benzene rings is 1. The van der Waals surface area contributed by atoms with Crippen LogP contribution in [0.5, 0.6) is 0 Å². The highest BCUT2D eigenvalue weighted by Crippen LogP contribution is 2.36. The van der Waals surface area contributed by atoms with Crippen LogP contribution in [0.15, 0.2) is 41.8 Å². The zero-order chi connectivity index (χ0) is 17.1. The quantitative estimate of drug-likeness (QED) is 0.776. The molecule has 1 saturated heterocycles. The standard InChI is InChI=1S/C18H27NO3S/c1-5-11-18(12-10-17(22-18)14(2)3)13-19-23(20,21)16-8-6-15(4)7-9-16/h5-9,14,17,19H,1,10-13H2,2-4H3/t17-,18+/m1/s1. The molecule has 1 heterocycles. The van der Waals surface area contributed by atoms with E-state index in [0.29, 0.717) is 12.3 Å². The van der Waals surface area contributed by atoms with Gasteiger partial charge in [-0.2, -0.15) is 0 Å². The van der Waals surface area contributed by atoms with Crippen LogP contribution in [0.25, 0.3) is 0 Å². The van der Waals surface area contributed by atoms with Crippen molar-refractivity contribution in [1.29, 1.82) is 0 Å². The molecule has 0 aliphatic carbocycles. The number of nitrogens with one attached hydrogen (secondary N) is 1. The van der Waals surface area contributed by atoms with Crippen molar-refractivity contribution < 1.29 is 13.2 Å². The van der Waals surface area contributed by atoms with Gasteiger partial charge in [0, 0.05) is 6.54 Å². The number of rotatable bonds is 7. The highest BCUT2D eigenvalue weighted by Gasteiger charge is 2.41. The van der Waals surface area contributed by atoms with Gasteiger partial charge >= 0.3 is 0 Å². The summed E-state index contributed by atoms with van der Waals surface area (Å²) in [6.45, 7) is 10.3. The molecule has 0 amide bonds. The number of sulfonamides is 1. The van der Waals surface area contributed by atoms with E-state index in [9.17, 15) is 8.42 Å². The fourth-order valence-electron chi connectivity index (χ4n) is 2.96. The highest BCUT2D eigenvalue weighted by molar-refractivity contribution is 7.89. The van der Waals surface area contributed by atoms with Crippen molar-refractivity contribution in [2.24, 2.45) is 5.92 Å². The molecule has 2 rings (SSSR count). The molecule has 0 aromatic heterocycles. The van der Waals surface area contributed by atoms with E-state index in [1.807, 2.05) is 13.0 Å². The minimum absolute atomic E-state index is 0.179. The van der Waals surface area contributed by atoms with Crippen molar-refractivity contribution in [2.45, 2.75) is 56.6 Å². The summed E-state index contributed by atoms with van der Waals surface area (Å²) in [5.41, 5.74) is 0.556. The summed E-state index contributed by atoms with van der Waals surface area (Å²) >= 11 is 0. The molecule has 1 aliphatic heterocycles. The Bertz CT molecular complexity index is 637. The van der Waals surface area contributed by atoms with E-state index in [1.54, 1.807) is 24.3 Å². The van der Waals surface area contributed by atoms with Gasteiger partial charge in [0.15, 0.2) is 0 Å². The molecule has 5 heteroatoms. The topological polar surface area (TPSA) is 55.4 Å². The van der Waals surface area contributed by atoms with Gasteiger partial charge in [0.05, 0.1) is 16.6 Å². The summed E-state index contributed by atoms with van der Waals surface area (Å²) in [6.07, 6.45) is 4.43. The number of hydrogen-bond donors (Lipinski definition) is 1. The maximum Gasteiger partial charge on any atom is 0.240 e. The lowest BCUT2D eigenvalue weighted by Crippen LogP contribution is -2.43. The molecular weight excluding hydrogens is 310 g/mol. The van der Waals surface area contributed by atoms with E-state index in [2.05, 4.69) is 25.1 Å². The molecular formula is C18H27NO3S. The third-order valence-electron chi connectivity index (χ3n) is 4.46. The maximum atomic E-state index is 12.5. The van der Waals surface area contributed by atoms with Crippen LogP contribution in [-0.2, 0) is 14.8 Å². The average molecular weight is 337 g/mol. The third-order valence-corrected chi connectivity index (χ3v) is 5.88. The third kappa shape index (κ3) is 4.43. The van der Waals surface area contributed by atoms with Gasteiger partial charge in [-0.05, 0) is 44.2 Å². The van der Waals surface area contributed by atoms with Crippen LogP contribution < -0.4 is 4.72 Å². The molecule has 2 atom stereocenters. The smallest absolute Gasteiger partial charge is 0.240 e. The molecule has 128 valence electrons. The highest BCUT2D eigenvalue weighted by atomic mass is 32.2. The summed E-state index contributed by atoms with van der Waals surface area (Å²) in [4.78, 5) is 0.287. The first-order valence-electron chi connectivity index (χ1n) is 8.13. The Morgan fingerprint density at radius 1 is 1.39 bits per heavy atom. The van der Waals surface area contributed by atoms with Gasteiger partial charge in [0.25, 0.3) is 0 Å². The second-order valence-electron chi connectivity index (χ2n) is 6.75. The van der Waals surface area contributed by atoms with Crippen molar-refractivity contribution >= 4 is 10.0 Å². The van der Waals surface area contributed by atoms with Crippen LogP contribution >= 0.6 is 0 Å². The summed E-state index contributed by atoms with van der Waals surface area (Å²) < 4.78 is 33.9. The Kier molecular flexibility index (Phi) is 5.65. The number of aryl methyl sites for hydroxylation is 1. The van der Waals surface area contributed by atoms with Gasteiger partial charge in [-0.1, -0.05) is 37.6 Å². The summed E-state index contributed by atoms with van der Waals surface area (Å²) in [5, 5.41) is 0. The Morgan fingerprint density at radius 3 is 2.57 bits per heavy atom. The molecule has 0 bridgehead atoms. The Labute approximate surface area is 140 Å². The number of hydrogen-bond acceptors (Lipinski definition) is 3. The maximum absolute atomic E-state index is 12.5. The van der Waals surface area contributed by atoms with Gasteiger partial charge in [-0.15, -0.1) is 6.58 Å². The first-order valence-corrected chi connectivity index (χ1v) is 9.61. The molecule has 1 aromatic carbocycles. The molecule has 1 aliphatic rings. The SMILES string of the molecule is C=CC[C@@]1(CNS(=O)(=O)c2ccc(C)cc2)CC[C@H](C(C)C)O1. The molecule has 0 unspecified atom stereocenters. The van der Waals surface area contributed by atoms with E-state index in [1.165, 1.54) is 0 Å². The minimum Gasteiger partial charge on any atom is -0.370 e. The molecule has 23 heavy (non-hydrogen) atoms. The lowest BCUT2D eigenvalue weighted by Gasteiger charge is -2.29. The van der Waals surface area contributed by atoms with Crippen molar-refractivity contribution in [3.05, 3.63) is 42.5 Å². The van der Waals surface area contributed by atoms with Crippen LogP contribution in [-0.4, -0.2) is 26.7 Å². The molecule has 0 radical (unpaired) electrons. The molecule has 0 spiro atoms. The lowest BCUT2D eigenvalue weighted by molar-refractivity contribution is -0.0516. The van der Waals surface area contributed by atoms with Crippen molar-refractivity contribution in [3.8, 4) is 0 Å². The molecule has 1 N–H and O–H groups in total. The number of ether oxygens (including phenoxy) is 1. The van der Waals surface area contributed by atoms with Crippen molar-refractivity contribution in [2.75, 3.05) is 6.54 Å². The average Bonchev–Trinajstić information content (AvgIpc) is 2.91. The molecule has 1 aromatic rings. The Balaban J connectivity index is 2.10. The van der Waals surface area contributed by atoms with Gasteiger partial charge in [0.2, 0.25) is 10.0 Å². The van der Waals surface area contributed by atoms with Crippen LogP contribution in [0.2, 0.25) is 0 Å². The second-order valence-corrected chi connectivity index (χ2v) is 8.52. The van der Waals surface area contributed by atoms with E-state index in [0.717, 1.165) is 18.4 Å². The van der Waals surface area contributed by atoms with E-state index in [-0.39, 0.29) is 17.5 Å². The Morgan fingerprint density at radius 2 is 2.04 bits per heavy atom. The lowest BCUT2D eigenvalue weighted by atomic mass is 9.95. The predicted octanol–water partition coefficient (Wildman–Crippen LogP) is 3.42. The van der Waals surface area contributed by atoms with Crippen LogP contribution in [0, 0.1) is 12.8 Å². The van der Waals surface area contributed by atoms with Crippen molar-refractivity contribution in [3.63, 3.8) is 0 Å². The molecule has 4 nitrogen and oxygen atoms in total. The van der Waals surface area contributed by atoms with Crippen molar-refractivity contribution in [1.82, 2.24) is 4.72 Å². The fourth-order valence-corrected chi connectivity index (χ4v) is 4.07. The zero-order valence-corrected chi connectivity index (χ0v) is 15.0. The second kappa shape index (κ2) is 7.16. The zero-order valence-electron chi connectivity index (χ0n) is 14.2. The Hall–Kier alpha value is -1.17. The predicted molar refractivity (Wildman–Crippen MR) is 92.9 cm³/mol. The van der Waals surface area contributed by atoms with E-state index in [4.69, 9.17) is 4.74 Å². The van der Waals surface area contributed by atoms with Gasteiger partial charge in [-0.25, -0.2) is 13.1 Å². The van der Waals surface area contributed by atoms with E-state index < -0.39 is 15.6 Å². The molecule has 0 saturated carbocycles. The first kappa shape index (κ1) is 18.2. The first-order chi connectivity index (χ1) is 10.8. The fraction of sp³-hybridized carbons (Fsp3) is 0.556. The monoisotopic (exact) mass is 337 g/mol. The van der Waals surface area contributed by atoms with Crippen LogP contribution in [0.4, 0.5) is 0 Å². The van der Waals surface area contributed by atoms with Gasteiger partial charge < -0.3 is 4.74 Å². The summed E-state index contributed by atoms with van der Waals surface area (Å²) in [7, 11) is -3.52. The summed E-state index contributed by atoms with van der Waals surface area (Å²) in [6, 6.07) is 6.86. The normalized spacial score (nSPS) is 25.0. The van der Waals surface area contributed by atoms with Crippen LogP contribution in [0.1, 0.15) is 38.7 Å². The van der Waals surface area contributed by atoms with Crippen LogP contribution in [0.3, 0.4) is 0 Å². The largest absolute Gasteiger partial charge is 0.370 e. The minimum atomic E-state index is -3.52. The molecule has 1 fully saturated rings. The van der Waals surface area contributed by atoms with Gasteiger partial charge in [0.1, 0.15) is 0 Å². The van der Waals surface area contributed by atoms with E-state index >= 15 is 0 Å².